The highest BCUT2D eigenvalue weighted by atomic mass is 16.5. The predicted octanol–water partition coefficient (Wildman–Crippen LogP) is 2.66. The van der Waals surface area contributed by atoms with Crippen molar-refractivity contribution in [1.29, 1.82) is 5.26 Å². The fourth-order valence-electron chi connectivity index (χ4n) is 4.06. The smallest absolute Gasteiger partial charge is 0.143 e. The summed E-state index contributed by atoms with van der Waals surface area (Å²) in [7, 11) is 0. The van der Waals surface area contributed by atoms with E-state index in [0.29, 0.717) is 11.6 Å². The number of hydrogen-bond acceptors (Lipinski definition) is 5. The van der Waals surface area contributed by atoms with Gasteiger partial charge in [0.25, 0.3) is 0 Å². The zero-order valence-corrected chi connectivity index (χ0v) is 14.5. The van der Waals surface area contributed by atoms with Gasteiger partial charge in [-0.1, -0.05) is 18.2 Å². The van der Waals surface area contributed by atoms with Crippen LogP contribution in [-0.4, -0.2) is 55.8 Å². The highest BCUT2D eigenvalue weighted by molar-refractivity contribution is 5.92. The van der Waals surface area contributed by atoms with Gasteiger partial charge in [-0.15, -0.1) is 0 Å². The fourth-order valence-corrected chi connectivity index (χ4v) is 4.06. The molecule has 3 heterocycles. The molecule has 2 aliphatic rings. The minimum absolute atomic E-state index is 0.504. The Hall–Kier alpha value is -2.16. The molecule has 0 saturated carbocycles. The lowest BCUT2D eigenvalue weighted by Gasteiger charge is -2.38. The normalized spacial score (nSPS) is 22.0. The van der Waals surface area contributed by atoms with E-state index in [1.807, 2.05) is 18.2 Å². The molecule has 0 amide bonds. The highest BCUT2D eigenvalue weighted by Gasteiger charge is 2.24. The molecule has 4 rings (SSSR count). The number of fused-ring (bicyclic) bond motifs is 1. The van der Waals surface area contributed by atoms with Crippen LogP contribution in [0.4, 0.5) is 5.69 Å². The Morgan fingerprint density at radius 1 is 1.20 bits per heavy atom. The van der Waals surface area contributed by atoms with Gasteiger partial charge in [-0.3, -0.25) is 4.90 Å². The molecule has 1 aromatic carbocycles. The van der Waals surface area contributed by atoms with Crippen molar-refractivity contribution in [2.45, 2.75) is 12.8 Å². The minimum Gasteiger partial charge on any atom is -0.379 e. The molecule has 1 unspecified atom stereocenters. The first kappa shape index (κ1) is 16.3. The Kier molecular flexibility index (Phi) is 4.82. The Morgan fingerprint density at radius 3 is 2.88 bits per heavy atom. The van der Waals surface area contributed by atoms with Gasteiger partial charge in [-0.2, -0.15) is 5.26 Å². The van der Waals surface area contributed by atoms with E-state index in [1.54, 1.807) is 0 Å². The van der Waals surface area contributed by atoms with E-state index in [9.17, 15) is 5.26 Å². The van der Waals surface area contributed by atoms with Crippen molar-refractivity contribution in [3.63, 3.8) is 0 Å². The quantitative estimate of drug-likeness (QED) is 0.862. The van der Waals surface area contributed by atoms with Gasteiger partial charge in [-0.25, -0.2) is 4.98 Å². The summed E-state index contributed by atoms with van der Waals surface area (Å²) >= 11 is 0. The molecule has 5 nitrogen and oxygen atoms in total. The monoisotopic (exact) mass is 336 g/mol. The number of morpholine rings is 1. The predicted molar refractivity (Wildman–Crippen MR) is 98.7 cm³/mol. The van der Waals surface area contributed by atoms with Crippen LogP contribution in [0, 0.1) is 17.2 Å². The van der Waals surface area contributed by atoms with Crippen molar-refractivity contribution in [3.8, 4) is 6.07 Å². The molecule has 0 radical (unpaired) electrons. The molecule has 2 saturated heterocycles. The summed E-state index contributed by atoms with van der Waals surface area (Å²) in [4.78, 5) is 9.44. The van der Waals surface area contributed by atoms with Crippen LogP contribution in [0.3, 0.4) is 0 Å². The van der Waals surface area contributed by atoms with E-state index in [0.717, 1.165) is 62.5 Å². The Balaban J connectivity index is 1.56. The second-order valence-corrected chi connectivity index (χ2v) is 7.02. The standard InChI is InChI=1S/C20H24N4O/c21-13-17-12-20(18-5-1-2-6-19(18)22-17)24-7-3-4-16(15-24)14-23-8-10-25-11-9-23/h1-2,5-6,12,16H,3-4,7-11,14-15H2. The number of piperidine rings is 1. The topological polar surface area (TPSA) is 52.4 Å². The van der Waals surface area contributed by atoms with Crippen molar-refractivity contribution in [2.24, 2.45) is 5.92 Å². The first-order chi connectivity index (χ1) is 12.3. The number of para-hydroxylation sites is 1. The number of aromatic nitrogens is 1. The summed E-state index contributed by atoms with van der Waals surface area (Å²) in [6, 6.07) is 12.3. The lowest BCUT2D eigenvalue weighted by atomic mass is 9.96. The Labute approximate surface area is 148 Å². The number of benzene rings is 1. The van der Waals surface area contributed by atoms with Gasteiger partial charge < -0.3 is 9.64 Å². The highest BCUT2D eigenvalue weighted by Crippen LogP contribution is 2.30. The zero-order chi connectivity index (χ0) is 17.1. The number of anilines is 1. The number of pyridine rings is 1. The van der Waals surface area contributed by atoms with Crippen molar-refractivity contribution in [3.05, 3.63) is 36.0 Å². The molecule has 2 aliphatic heterocycles. The molecule has 0 bridgehead atoms. The SMILES string of the molecule is N#Cc1cc(N2CCCC(CN3CCOCC3)C2)c2ccccc2n1. The van der Waals surface area contributed by atoms with Crippen LogP contribution in [0.5, 0.6) is 0 Å². The van der Waals surface area contributed by atoms with Crippen LogP contribution >= 0.6 is 0 Å². The van der Waals surface area contributed by atoms with Gasteiger partial charge in [0.15, 0.2) is 0 Å². The van der Waals surface area contributed by atoms with Crippen LogP contribution < -0.4 is 4.90 Å². The van der Waals surface area contributed by atoms with Crippen LogP contribution in [0.2, 0.25) is 0 Å². The van der Waals surface area contributed by atoms with Crippen molar-refractivity contribution >= 4 is 16.6 Å². The number of ether oxygens (including phenoxy) is 1. The molecule has 130 valence electrons. The molecular formula is C20H24N4O. The van der Waals surface area contributed by atoms with Gasteiger partial charge in [0.1, 0.15) is 11.8 Å². The van der Waals surface area contributed by atoms with Crippen molar-refractivity contribution in [1.82, 2.24) is 9.88 Å². The van der Waals surface area contributed by atoms with Crippen molar-refractivity contribution < 1.29 is 4.74 Å². The molecule has 1 atom stereocenters. The van der Waals surface area contributed by atoms with E-state index < -0.39 is 0 Å². The third kappa shape index (κ3) is 3.60. The molecule has 0 N–H and O–H groups in total. The lowest BCUT2D eigenvalue weighted by molar-refractivity contribution is 0.0296. The van der Waals surface area contributed by atoms with Crippen LogP contribution in [-0.2, 0) is 4.74 Å². The maximum absolute atomic E-state index is 9.34. The largest absolute Gasteiger partial charge is 0.379 e. The van der Waals surface area contributed by atoms with Crippen molar-refractivity contribution in [2.75, 3.05) is 50.8 Å². The fraction of sp³-hybridized carbons (Fsp3) is 0.500. The van der Waals surface area contributed by atoms with E-state index in [4.69, 9.17) is 4.74 Å². The first-order valence-corrected chi connectivity index (χ1v) is 9.18. The summed E-state index contributed by atoms with van der Waals surface area (Å²) in [5.41, 5.74) is 2.57. The number of nitriles is 1. The number of hydrogen-bond donors (Lipinski definition) is 0. The second-order valence-electron chi connectivity index (χ2n) is 7.02. The molecular weight excluding hydrogens is 312 g/mol. The Bertz CT molecular complexity index is 779. The summed E-state index contributed by atoms with van der Waals surface area (Å²) in [5, 5.41) is 10.5. The summed E-state index contributed by atoms with van der Waals surface area (Å²) in [5.74, 6) is 0.671. The van der Waals surface area contributed by atoms with Crippen LogP contribution in [0.1, 0.15) is 18.5 Å². The van der Waals surface area contributed by atoms with E-state index in [2.05, 4.69) is 33.0 Å². The third-order valence-corrected chi connectivity index (χ3v) is 5.29. The second kappa shape index (κ2) is 7.38. The number of rotatable bonds is 3. The van der Waals surface area contributed by atoms with E-state index in [-0.39, 0.29) is 0 Å². The maximum Gasteiger partial charge on any atom is 0.143 e. The molecule has 2 fully saturated rings. The van der Waals surface area contributed by atoms with E-state index >= 15 is 0 Å². The maximum atomic E-state index is 9.34. The van der Waals surface area contributed by atoms with Gasteiger partial charge in [0, 0.05) is 43.8 Å². The molecule has 0 spiro atoms. The van der Waals surface area contributed by atoms with E-state index in [1.165, 1.54) is 12.8 Å². The average Bonchev–Trinajstić information content (AvgIpc) is 2.68. The summed E-state index contributed by atoms with van der Waals surface area (Å²) < 4.78 is 5.46. The molecule has 25 heavy (non-hydrogen) atoms. The van der Waals surface area contributed by atoms with Crippen LogP contribution in [0.15, 0.2) is 30.3 Å². The Morgan fingerprint density at radius 2 is 2.04 bits per heavy atom. The number of nitrogens with zero attached hydrogens (tertiary/aromatic N) is 4. The molecule has 1 aromatic heterocycles. The third-order valence-electron chi connectivity index (χ3n) is 5.29. The first-order valence-electron chi connectivity index (χ1n) is 9.18. The van der Waals surface area contributed by atoms with Gasteiger partial charge in [0.05, 0.1) is 18.7 Å². The average molecular weight is 336 g/mol. The van der Waals surface area contributed by atoms with Crippen LogP contribution in [0.25, 0.3) is 10.9 Å². The molecule has 5 heteroatoms. The van der Waals surface area contributed by atoms with Gasteiger partial charge >= 0.3 is 0 Å². The lowest BCUT2D eigenvalue weighted by Crippen LogP contribution is -2.44. The minimum atomic E-state index is 0.504. The van der Waals surface area contributed by atoms with Gasteiger partial charge in [-0.05, 0) is 30.9 Å². The summed E-state index contributed by atoms with van der Waals surface area (Å²) in [6.45, 7) is 7.07. The molecule has 2 aromatic rings. The van der Waals surface area contributed by atoms with Gasteiger partial charge in [0.2, 0.25) is 0 Å². The molecule has 0 aliphatic carbocycles. The zero-order valence-electron chi connectivity index (χ0n) is 14.5. The summed E-state index contributed by atoms with van der Waals surface area (Å²) in [6.07, 6.45) is 2.48.